The molecule has 1 amide bonds. The van der Waals surface area contributed by atoms with Crippen molar-refractivity contribution in [3.05, 3.63) is 24.3 Å². The lowest BCUT2D eigenvalue weighted by Crippen LogP contribution is -2.28. The summed E-state index contributed by atoms with van der Waals surface area (Å²) in [5, 5.41) is 2.65. The Kier molecular flexibility index (Phi) is 8.92. The molecule has 0 radical (unpaired) electrons. The van der Waals surface area contributed by atoms with Crippen LogP contribution >= 0.6 is 0 Å². The Balaban J connectivity index is 2.65. The minimum atomic E-state index is -3.41. The Hall–Kier alpha value is -1.60. The third-order valence-electron chi connectivity index (χ3n) is 3.66. The van der Waals surface area contributed by atoms with Gasteiger partial charge in [0.1, 0.15) is 18.1 Å². The molecule has 0 unspecified atom stereocenters. The van der Waals surface area contributed by atoms with Gasteiger partial charge in [-0.3, -0.25) is 4.79 Å². The van der Waals surface area contributed by atoms with E-state index in [0.29, 0.717) is 18.0 Å². The highest BCUT2D eigenvalue weighted by Crippen LogP contribution is 2.23. The van der Waals surface area contributed by atoms with Gasteiger partial charge in [-0.25, -0.2) is 8.42 Å². The van der Waals surface area contributed by atoms with Crippen molar-refractivity contribution >= 4 is 21.4 Å². The van der Waals surface area contributed by atoms with Crippen LogP contribution in [-0.4, -0.2) is 57.0 Å². The van der Waals surface area contributed by atoms with Crippen molar-refractivity contribution in [3.8, 4) is 5.75 Å². The highest BCUT2D eigenvalue weighted by atomic mass is 32.2. The number of carbonyl (C=O) groups excluding carboxylic acids is 1. The number of hydrogen-bond donors (Lipinski definition) is 1. The fraction of sp³-hybridized carbons (Fsp3) is 0.611. The number of likely N-dealkylation sites (N-methyl/N-ethyl adjacent to an activating group) is 1. The van der Waals surface area contributed by atoms with Gasteiger partial charge < -0.3 is 15.0 Å². The molecule has 0 fully saturated rings. The van der Waals surface area contributed by atoms with Crippen LogP contribution in [0.15, 0.2) is 24.3 Å². The number of anilines is 1. The standard InChI is InChI=1S/C18H30N2O4S/c1-5-20(6-2)11-12-24-17-10-8-7-9-16(17)19-18(21)14-25(22,23)13-15(3)4/h7-10,15H,5-6,11-14H2,1-4H3,(H,19,21). The van der Waals surface area contributed by atoms with E-state index >= 15 is 0 Å². The molecule has 0 spiro atoms. The molecule has 142 valence electrons. The molecule has 0 aliphatic heterocycles. The summed E-state index contributed by atoms with van der Waals surface area (Å²) in [7, 11) is -3.41. The largest absolute Gasteiger partial charge is 0.490 e. The average molecular weight is 371 g/mol. The number of benzene rings is 1. The Morgan fingerprint density at radius 1 is 1.20 bits per heavy atom. The molecule has 0 saturated carbocycles. The van der Waals surface area contributed by atoms with Gasteiger partial charge in [-0.15, -0.1) is 0 Å². The number of amides is 1. The van der Waals surface area contributed by atoms with Crippen molar-refractivity contribution in [1.82, 2.24) is 4.90 Å². The lowest BCUT2D eigenvalue weighted by Gasteiger charge is -2.19. The van der Waals surface area contributed by atoms with E-state index in [-0.39, 0.29) is 11.7 Å². The smallest absolute Gasteiger partial charge is 0.239 e. The van der Waals surface area contributed by atoms with Crippen molar-refractivity contribution in [3.63, 3.8) is 0 Å². The summed E-state index contributed by atoms with van der Waals surface area (Å²) in [6, 6.07) is 7.06. The molecule has 0 aliphatic rings. The molecular weight excluding hydrogens is 340 g/mol. The number of nitrogens with one attached hydrogen (secondary N) is 1. The molecule has 25 heavy (non-hydrogen) atoms. The van der Waals surface area contributed by atoms with Crippen molar-refractivity contribution in [1.29, 1.82) is 0 Å². The monoisotopic (exact) mass is 370 g/mol. The number of rotatable bonds is 11. The van der Waals surface area contributed by atoms with Crippen LogP contribution in [0.3, 0.4) is 0 Å². The SMILES string of the molecule is CCN(CC)CCOc1ccccc1NC(=O)CS(=O)(=O)CC(C)C. The number of sulfone groups is 1. The molecule has 7 heteroatoms. The lowest BCUT2D eigenvalue weighted by molar-refractivity contribution is -0.113. The van der Waals surface area contributed by atoms with Crippen LogP contribution in [0.25, 0.3) is 0 Å². The molecule has 0 bridgehead atoms. The van der Waals surface area contributed by atoms with Gasteiger partial charge >= 0.3 is 0 Å². The second-order valence-corrected chi connectivity index (χ2v) is 8.48. The fourth-order valence-corrected chi connectivity index (χ4v) is 4.08. The maximum absolute atomic E-state index is 12.1. The van der Waals surface area contributed by atoms with Crippen LogP contribution in [0.5, 0.6) is 5.75 Å². The summed E-state index contributed by atoms with van der Waals surface area (Å²) in [6.07, 6.45) is 0. The maximum atomic E-state index is 12.1. The Morgan fingerprint density at radius 3 is 2.44 bits per heavy atom. The molecule has 0 heterocycles. The summed E-state index contributed by atoms with van der Waals surface area (Å²) in [5.74, 6) is -0.514. The predicted molar refractivity (Wildman–Crippen MR) is 102 cm³/mol. The van der Waals surface area contributed by atoms with Crippen LogP contribution in [-0.2, 0) is 14.6 Å². The lowest BCUT2D eigenvalue weighted by atomic mass is 10.3. The van der Waals surface area contributed by atoms with E-state index in [1.165, 1.54) is 0 Å². The number of hydrogen-bond acceptors (Lipinski definition) is 5. The fourth-order valence-electron chi connectivity index (χ4n) is 2.47. The van der Waals surface area contributed by atoms with E-state index in [1.807, 2.05) is 19.9 Å². The molecule has 1 aromatic rings. The number of para-hydroxylation sites is 2. The van der Waals surface area contributed by atoms with Gasteiger partial charge in [0.2, 0.25) is 5.91 Å². The van der Waals surface area contributed by atoms with Gasteiger partial charge in [0, 0.05) is 6.54 Å². The van der Waals surface area contributed by atoms with Gasteiger partial charge in [0.15, 0.2) is 9.84 Å². The number of carbonyl (C=O) groups is 1. The van der Waals surface area contributed by atoms with Crippen LogP contribution in [0.2, 0.25) is 0 Å². The molecule has 1 N–H and O–H groups in total. The van der Waals surface area contributed by atoms with Crippen molar-refractivity contribution in [2.45, 2.75) is 27.7 Å². The first kappa shape index (κ1) is 21.4. The summed E-state index contributed by atoms with van der Waals surface area (Å²) < 4.78 is 29.6. The summed E-state index contributed by atoms with van der Waals surface area (Å²) in [5.41, 5.74) is 0.492. The van der Waals surface area contributed by atoms with Gasteiger partial charge in [0.25, 0.3) is 0 Å². The first-order chi connectivity index (χ1) is 11.8. The second kappa shape index (κ2) is 10.4. The third kappa shape index (κ3) is 8.36. The Labute approximate surface area is 151 Å². The highest BCUT2D eigenvalue weighted by Gasteiger charge is 2.19. The number of nitrogens with zero attached hydrogens (tertiary/aromatic N) is 1. The van der Waals surface area contributed by atoms with Crippen molar-refractivity contribution in [2.24, 2.45) is 5.92 Å². The Morgan fingerprint density at radius 2 is 1.84 bits per heavy atom. The van der Waals surface area contributed by atoms with Gasteiger partial charge in [0.05, 0.1) is 11.4 Å². The summed E-state index contributed by atoms with van der Waals surface area (Å²) in [4.78, 5) is 14.3. The second-order valence-electron chi connectivity index (χ2n) is 6.37. The van der Waals surface area contributed by atoms with E-state index in [0.717, 1.165) is 19.6 Å². The normalized spacial score (nSPS) is 11.8. The van der Waals surface area contributed by atoms with E-state index in [9.17, 15) is 13.2 Å². The van der Waals surface area contributed by atoms with Gasteiger partial charge in [-0.2, -0.15) is 0 Å². The quantitative estimate of drug-likeness (QED) is 0.647. The molecule has 0 atom stereocenters. The van der Waals surface area contributed by atoms with E-state index in [4.69, 9.17) is 4.74 Å². The van der Waals surface area contributed by atoms with Crippen molar-refractivity contribution < 1.29 is 17.9 Å². The Bertz CT molecular complexity index is 640. The van der Waals surface area contributed by atoms with Crippen LogP contribution in [0.1, 0.15) is 27.7 Å². The minimum Gasteiger partial charge on any atom is -0.490 e. The zero-order valence-electron chi connectivity index (χ0n) is 15.6. The van der Waals surface area contributed by atoms with Crippen LogP contribution in [0, 0.1) is 5.92 Å². The van der Waals surface area contributed by atoms with Crippen LogP contribution in [0.4, 0.5) is 5.69 Å². The molecule has 0 aliphatic carbocycles. The van der Waals surface area contributed by atoms with E-state index < -0.39 is 21.5 Å². The van der Waals surface area contributed by atoms with Crippen LogP contribution < -0.4 is 10.1 Å². The number of ether oxygens (including phenoxy) is 1. The zero-order valence-corrected chi connectivity index (χ0v) is 16.4. The van der Waals surface area contributed by atoms with E-state index in [2.05, 4.69) is 24.1 Å². The van der Waals surface area contributed by atoms with Gasteiger partial charge in [-0.05, 0) is 31.1 Å². The van der Waals surface area contributed by atoms with Crippen molar-refractivity contribution in [2.75, 3.05) is 43.1 Å². The predicted octanol–water partition coefficient (Wildman–Crippen LogP) is 2.42. The highest BCUT2D eigenvalue weighted by molar-refractivity contribution is 7.92. The minimum absolute atomic E-state index is 0.00242. The molecule has 0 aromatic heterocycles. The summed E-state index contributed by atoms with van der Waals surface area (Å²) >= 11 is 0. The maximum Gasteiger partial charge on any atom is 0.239 e. The molecule has 1 aromatic carbocycles. The summed E-state index contributed by atoms with van der Waals surface area (Å²) in [6.45, 7) is 11.0. The van der Waals surface area contributed by atoms with Gasteiger partial charge in [-0.1, -0.05) is 39.8 Å². The zero-order chi connectivity index (χ0) is 18.9. The molecule has 1 rings (SSSR count). The molecular formula is C18H30N2O4S. The molecule has 0 saturated heterocycles. The van der Waals surface area contributed by atoms with E-state index in [1.54, 1.807) is 18.2 Å². The first-order valence-corrected chi connectivity index (χ1v) is 10.5. The topological polar surface area (TPSA) is 75.7 Å². The third-order valence-corrected chi connectivity index (χ3v) is 5.54. The average Bonchev–Trinajstić information content (AvgIpc) is 2.51. The first-order valence-electron chi connectivity index (χ1n) is 8.71. The molecule has 6 nitrogen and oxygen atoms in total.